The van der Waals surface area contributed by atoms with E-state index in [2.05, 4.69) is 45.4 Å². The quantitative estimate of drug-likeness (QED) is 0.763. The van der Waals surface area contributed by atoms with Crippen molar-refractivity contribution in [3.05, 3.63) is 35.9 Å². The second-order valence-corrected chi connectivity index (χ2v) is 8.30. The molecule has 4 bridgehead atoms. The zero-order valence-electron chi connectivity index (χ0n) is 16.6. The molecule has 148 valence electrons. The number of hydrogen-bond acceptors (Lipinski definition) is 4. The number of carbonyl (C=O) groups excluding carboxylic acids is 1. The van der Waals surface area contributed by atoms with Gasteiger partial charge in [0.05, 0.1) is 6.61 Å². The third-order valence-electron chi connectivity index (χ3n) is 6.55. The Labute approximate surface area is 162 Å². The van der Waals surface area contributed by atoms with Gasteiger partial charge in [-0.15, -0.1) is 0 Å². The highest BCUT2D eigenvalue weighted by atomic mass is 16.5. The average molecular weight is 373 g/mol. The summed E-state index contributed by atoms with van der Waals surface area (Å²) in [7, 11) is 1.86. The summed E-state index contributed by atoms with van der Waals surface area (Å²) >= 11 is 0. The predicted octanol–water partition coefficient (Wildman–Crippen LogP) is 1.23. The molecule has 5 rings (SSSR count). The van der Waals surface area contributed by atoms with Crippen LogP contribution in [0.25, 0.3) is 0 Å². The highest BCUT2D eigenvalue weighted by Gasteiger charge is 2.55. The summed E-state index contributed by atoms with van der Waals surface area (Å²) in [6.07, 6.45) is 0. The van der Waals surface area contributed by atoms with E-state index in [1.165, 1.54) is 5.56 Å². The molecule has 0 saturated carbocycles. The van der Waals surface area contributed by atoms with E-state index in [1.807, 2.05) is 14.0 Å². The lowest BCUT2D eigenvalue weighted by Gasteiger charge is -2.56. The van der Waals surface area contributed by atoms with Crippen LogP contribution in [-0.4, -0.2) is 92.8 Å². The second-order valence-electron chi connectivity index (χ2n) is 8.30. The Balaban J connectivity index is 1.58. The number of amides is 2. The molecule has 0 aliphatic carbocycles. The van der Waals surface area contributed by atoms with Crippen molar-refractivity contribution in [2.24, 2.45) is 5.92 Å². The number of ether oxygens (including phenoxy) is 1. The van der Waals surface area contributed by atoms with Gasteiger partial charge >= 0.3 is 6.03 Å². The van der Waals surface area contributed by atoms with Crippen LogP contribution in [0.4, 0.5) is 4.79 Å². The second kappa shape index (κ2) is 7.78. The molecule has 0 aromatic heterocycles. The Morgan fingerprint density at radius 3 is 2.52 bits per heavy atom. The zero-order chi connectivity index (χ0) is 18.9. The van der Waals surface area contributed by atoms with Crippen LogP contribution >= 0.6 is 0 Å². The Morgan fingerprint density at radius 2 is 1.89 bits per heavy atom. The number of hydrogen-bond donors (Lipinski definition) is 1. The highest BCUT2D eigenvalue weighted by Crippen LogP contribution is 2.43. The maximum Gasteiger partial charge on any atom is 0.317 e. The normalized spacial score (nSPS) is 34.3. The van der Waals surface area contributed by atoms with Gasteiger partial charge in [0.15, 0.2) is 0 Å². The lowest BCUT2D eigenvalue weighted by atomic mass is 9.64. The van der Waals surface area contributed by atoms with Gasteiger partial charge in [-0.25, -0.2) is 4.79 Å². The number of urea groups is 1. The van der Waals surface area contributed by atoms with Gasteiger partial charge in [0, 0.05) is 76.8 Å². The smallest absolute Gasteiger partial charge is 0.317 e. The summed E-state index contributed by atoms with van der Waals surface area (Å²) in [5.41, 5.74) is 1.32. The average Bonchev–Trinajstić information content (AvgIpc) is 2.93. The van der Waals surface area contributed by atoms with Crippen molar-refractivity contribution in [3.63, 3.8) is 0 Å². The Morgan fingerprint density at radius 1 is 1.22 bits per heavy atom. The van der Waals surface area contributed by atoms with Gasteiger partial charge in [-0.1, -0.05) is 30.3 Å². The third-order valence-corrected chi connectivity index (χ3v) is 6.55. The fourth-order valence-corrected chi connectivity index (χ4v) is 5.26. The van der Waals surface area contributed by atoms with E-state index >= 15 is 0 Å². The van der Waals surface area contributed by atoms with E-state index in [0.717, 1.165) is 39.3 Å². The number of fused-ring (bicyclic) bond motifs is 1. The van der Waals surface area contributed by atoms with Crippen molar-refractivity contribution in [1.82, 2.24) is 20.0 Å². The van der Waals surface area contributed by atoms with Gasteiger partial charge in [-0.3, -0.25) is 0 Å². The van der Waals surface area contributed by atoms with Crippen molar-refractivity contribution >= 4 is 6.03 Å². The number of likely N-dealkylation sites (N-methyl/N-ethyl adjacent to an activating group) is 1. The van der Waals surface area contributed by atoms with Crippen LogP contribution in [0.1, 0.15) is 12.5 Å². The van der Waals surface area contributed by atoms with Crippen LogP contribution in [0.5, 0.6) is 0 Å². The predicted molar refractivity (Wildman–Crippen MR) is 106 cm³/mol. The van der Waals surface area contributed by atoms with Crippen molar-refractivity contribution < 1.29 is 9.53 Å². The van der Waals surface area contributed by atoms with E-state index < -0.39 is 0 Å². The molecule has 2 unspecified atom stereocenters. The molecule has 1 N–H and O–H groups in total. The van der Waals surface area contributed by atoms with Gasteiger partial charge in [-0.05, 0) is 12.5 Å². The molecule has 4 aliphatic rings. The van der Waals surface area contributed by atoms with Crippen LogP contribution < -0.4 is 5.32 Å². The molecule has 6 nitrogen and oxygen atoms in total. The van der Waals surface area contributed by atoms with Crippen molar-refractivity contribution in [1.29, 1.82) is 0 Å². The highest BCUT2D eigenvalue weighted by molar-refractivity contribution is 5.74. The molecule has 4 fully saturated rings. The van der Waals surface area contributed by atoms with Crippen LogP contribution in [0.2, 0.25) is 0 Å². The molecule has 2 amide bonds. The van der Waals surface area contributed by atoms with Crippen LogP contribution in [-0.2, 0) is 10.2 Å². The van der Waals surface area contributed by atoms with Crippen LogP contribution in [0.15, 0.2) is 30.3 Å². The molecule has 1 aromatic rings. The minimum atomic E-state index is -0.0324. The Hall–Kier alpha value is -1.63. The number of piperidine rings is 2. The topological polar surface area (TPSA) is 48.1 Å². The monoisotopic (exact) mass is 372 g/mol. The summed E-state index contributed by atoms with van der Waals surface area (Å²) in [6, 6.07) is 11.0. The first-order valence-corrected chi connectivity index (χ1v) is 10.2. The number of rotatable bonds is 6. The Bertz CT molecular complexity index is 637. The van der Waals surface area contributed by atoms with E-state index in [1.54, 1.807) is 4.90 Å². The summed E-state index contributed by atoms with van der Waals surface area (Å²) in [5, 5.41) is 3.43. The van der Waals surface area contributed by atoms with Gasteiger partial charge in [0.25, 0.3) is 0 Å². The lowest BCUT2D eigenvalue weighted by molar-refractivity contribution is 0.0206. The molecule has 0 spiro atoms. The SMILES string of the molecule is CCOCCN(C)C(=O)N[C@H]1C2CN3CCN(C2)CC1(c1ccccc1)C3. The number of nitrogens with one attached hydrogen (secondary N) is 1. The van der Waals surface area contributed by atoms with Crippen molar-refractivity contribution in [2.75, 3.05) is 66.1 Å². The lowest BCUT2D eigenvalue weighted by Crippen LogP contribution is -2.71. The van der Waals surface area contributed by atoms with Gasteiger partial charge in [-0.2, -0.15) is 0 Å². The molecular weight excluding hydrogens is 340 g/mol. The van der Waals surface area contributed by atoms with Gasteiger partial charge < -0.3 is 24.8 Å². The summed E-state index contributed by atoms with van der Waals surface area (Å²) in [6.45, 7) is 10.4. The molecule has 4 saturated heterocycles. The molecular formula is C21H32N4O2. The molecule has 4 heterocycles. The van der Waals surface area contributed by atoms with Gasteiger partial charge in [0.2, 0.25) is 0 Å². The first-order valence-electron chi connectivity index (χ1n) is 10.2. The first-order chi connectivity index (χ1) is 13.1. The fraction of sp³-hybridized carbons (Fsp3) is 0.667. The molecule has 0 radical (unpaired) electrons. The van der Waals surface area contributed by atoms with E-state index in [-0.39, 0.29) is 17.5 Å². The first kappa shape index (κ1) is 18.7. The maximum atomic E-state index is 12.9. The maximum absolute atomic E-state index is 12.9. The molecule has 3 atom stereocenters. The summed E-state index contributed by atoms with van der Waals surface area (Å²) < 4.78 is 5.41. The minimum absolute atomic E-state index is 0.0196. The molecule has 4 aliphatic heterocycles. The fourth-order valence-electron chi connectivity index (χ4n) is 5.26. The molecule has 27 heavy (non-hydrogen) atoms. The van der Waals surface area contributed by atoms with E-state index in [0.29, 0.717) is 25.7 Å². The number of nitrogens with zero attached hydrogens (tertiary/aromatic N) is 3. The Kier molecular flexibility index (Phi) is 5.39. The van der Waals surface area contributed by atoms with Gasteiger partial charge in [0.1, 0.15) is 0 Å². The van der Waals surface area contributed by atoms with E-state index in [9.17, 15) is 4.79 Å². The third kappa shape index (κ3) is 3.58. The molecule has 6 heteroatoms. The van der Waals surface area contributed by atoms with Crippen LogP contribution in [0.3, 0.4) is 0 Å². The standard InChI is InChI=1S/C21H32N4O2/c1-3-27-12-11-23(2)20(26)22-19-17-13-24-9-10-25(14-17)16-21(19,15-24)18-7-5-4-6-8-18/h4-8,17,19H,3,9-16H2,1-2H3,(H,22,26)/t17?,19-,21?/m0/s1. The number of benzene rings is 1. The largest absolute Gasteiger partial charge is 0.380 e. The van der Waals surface area contributed by atoms with Crippen molar-refractivity contribution in [3.8, 4) is 0 Å². The summed E-state index contributed by atoms with van der Waals surface area (Å²) in [5.74, 6) is 0.472. The van der Waals surface area contributed by atoms with Crippen LogP contribution in [0, 0.1) is 5.92 Å². The van der Waals surface area contributed by atoms with E-state index in [4.69, 9.17) is 4.74 Å². The number of carbonyl (C=O) groups is 1. The molecule has 1 aromatic carbocycles. The van der Waals surface area contributed by atoms with Crippen molar-refractivity contribution in [2.45, 2.75) is 18.4 Å². The minimum Gasteiger partial charge on any atom is -0.380 e. The zero-order valence-corrected chi connectivity index (χ0v) is 16.6. The summed E-state index contributed by atoms with van der Waals surface area (Å²) in [4.78, 5) is 19.9.